The Bertz CT molecular complexity index is 664. The lowest BCUT2D eigenvalue weighted by Gasteiger charge is -2.12. The Labute approximate surface area is 129 Å². The number of rotatable bonds is 8. The van der Waals surface area contributed by atoms with Gasteiger partial charge in [-0.2, -0.15) is 0 Å². The first-order valence-corrected chi connectivity index (χ1v) is 7.43. The standard InChI is InChI=1S/C16H22N2O4/c1-3-21-14-8-12-11(7-16(19)20)10-18(6-5-17)13(12)9-15(14)22-4-2/h8-10H,3-7,17H2,1-2H3,(H,19,20). The number of nitrogens with two attached hydrogens (primary N) is 1. The molecule has 0 fully saturated rings. The minimum atomic E-state index is -0.862. The number of fused-ring (bicyclic) bond motifs is 1. The smallest absolute Gasteiger partial charge is 0.307 e. The van der Waals surface area contributed by atoms with Crippen LogP contribution in [0.25, 0.3) is 10.9 Å². The summed E-state index contributed by atoms with van der Waals surface area (Å²) < 4.78 is 13.2. The number of carboxylic acids is 1. The largest absolute Gasteiger partial charge is 0.490 e. The molecule has 6 heteroatoms. The quantitative estimate of drug-likeness (QED) is 0.779. The molecule has 0 bridgehead atoms. The van der Waals surface area contributed by atoms with E-state index in [0.29, 0.717) is 37.8 Å². The van der Waals surface area contributed by atoms with Gasteiger partial charge in [-0.1, -0.05) is 0 Å². The molecule has 2 aromatic rings. The highest BCUT2D eigenvalue weighted by Gasteiger charge is 2.16. The molecule has 1 aromatic carbocycles. The van der Waals surface area contributed by atoms with Crippen molar-refractivity contribution in [1.82, 2.24) is 4.57 Å². The molecule has 0 atom stereocenters. The molecule has 0 saturated carbocycles. The van der Waals surface area contributed by atoms with Crippen LogP contribution in [0.4, 0.5) is 0 Å². The van der Waals surface area contributed by atoms with Crippen LogP contribution in [0.1, 0.15) is 19.4 Å². The van der Waals surface area contributed by atoms with E-state index in [4.69, 9.17) is 20.3 Å². The van der Waals surface area contributed by atoms with Crippen molar-refractivity contribution in [3.05, 3.63) is 23.9 Å². The normalized spacial score (nSPS) is 10.9. The highest BCUT2D eigenvalue weighted by Crippen LogP contribution is 2.35. The fourth-order valence-corrected chi connectivity index (χ4v) is 2.54. The lowest BCUT2D eigenvalue weighted by Crippen LogP contribution is -2.09. The molecular formula is C16H22N2O4. The molecule has 0 aliphatic heterocycles. The maximum absolute atomic E-state index is 11.1. The molecule has 2 rings (SSSR count). The van der Waals surface area contributed by atoms with E-state index in [-0.39, 0.29) is 6.42 Å². The molecule has 0 unspecified atom stereocenters. The maximum atomic E-state index is 11.1. The van der Waals surface area contributed by atoms with Gasteiger partial charge in [-0.3, -0.25) is 4.79 Å². The van der Waals surface area contributed by atoms with Crippen LogP contribution in [0.5, 0.6) is 11.5 Å². The first kappa shape index (κ1) is 16.2. The predicted octanol–water partition coefficient (Wildman–Crippen LogP) is 2.02. The number of hydrogen-bond donors (Lipinski definition) is 2. The first-order valence-electron chi connectivity index (χ1n) is 7.43. The third-order valence-corrected chi connectivity index (χ3v) is 3.34. The van der Waals surface area contributed by atoms with Gasteiger partial charge in [0.2, 0.25) is 0 Å². The third-order valence-electron chi connectivity index (χ3n) is 3.34. The lowest BCUT2D eigenvalue weighted by molar-refractivity contribution is -0.136. The highest BCUT2D eigenvalue weighted by atomic mass is 16.5. The van der Waals surface area contributed by atoms with Gasteiger partial charge >= 0.3 is 5.97 Å². The number of aliphatic carboxylic acids is 1. The zero-order valence-corrected chi connectivity index (χ0v) is 13.0. The summed E-state index contributed by atoms with van der Waals surface area (Å²) in [6, 6.07) is 3.75. The van der Waals surface area contributed by atoms with E-state index in [1.165, 1.54) is 0 Å². The van der Waals surface area contributed by atoms with E-state index >= 15 is 0 Å². The van der Waals surface area contributed by atoms with Crippen LogP contribution >= 0.6 is 0 Å². The Morgan fingerprint density at radius 3 is 2.41 bits per heavy atom. The molecule has 1 heterocycles. The summed E-state index contributed by atoms with van der Waals surface area (Å²) in [6.45, 7) is 5.96. The van der Waals surface area contributed by atoms with Crippen LogP contribution in [-0.4, -0.2) is 35.4 Å². The van der Waals surface area contributed by atoms with Crippen molar-refractivity contribution in [3.8, 4) is 11.5 Å². The fourth-order valence-electron chi connectivity index (χ4n) is 2.54. The van der Waals surface area contributed by atoms with Crippen molar-refractivity contribution in [2.45, 2.75) is 26.8 Å². The van der Waals surface area contributed by atoms with Gasteiger partial charge in [-0.15, -0.1) is 0 Å². The zero-order chi connectivity index (χ0) is 16.1. The van der Waals surface area contributed by atoms with E-state index < -0.39 is 5.97 Å². The summed E-state index contributed by atoms with van der Waals surface area (Å²) in [5.41, 5.74) is 7.30. The Morgan fingerprint density at radius 1 is 1.23 bits per heavy atom. The van der Waals surface area contributed by atoms with E-state index in [9.17, 15) is 4.79 Å². The zero-order valence-electron chi connectivity index (χ0n) is 13.0. The van der Waals surface area contributed by atoms with Crippen molar-refractivity contribution in [3.63, 3.8) is 0 Å². The first-order chi connectivity index (χ1) is 10.6. The van der Waals surface area contributed by atoms with Crippen LogP contribution in [0.3, 0.4) is 0 Å². The minimum Gasteiger partial charge on any atom is -0.490 e. The van der Waals surface area contributed by atoms with Crippen molar-refractivity contribution < 1.29 is 19.4 Å². The second-order valence-electron chi connectivity index (χ2n) is 4.89. The van der Waals surface area contributed by atoms with Crippen molar-refractivity contribution in [1.29, 1.82) is 0 Å². The Kier molecular flexibility index (Phi) is 5.27. The predicted molar refractivity (Wildman–Crippen MR) is 84.7 cm³/mol. The second kappa shape index (κ2) is 7.17. The number of benzene rings is 1. The molecule has 6 nitrogen and oxygen atoms in total. The monoisotopic (exact) mass is 306 g/mol. The molecule has 3 N–H and O–H groups in total. The fraction of sp³-hybridized carbons (Fsp3) is 0.438. The molecule has 0 radical (unpaired) electrons. The van der Waals surface area contributed by atoms with Gasteiger partial charge in [0, 0.05) is 30.7 Å². The summed E-state index contributed by atoms with van der Waals surface area (Å²) in [6.07, 6.45) is 1.81. The Balaban J connectivity index is 2.61. The van der Waals surface area contributed by atoms with Gasteiger partial charge in [0.15, 0.2) is 11.5 Å². The number of aromatic nitrogens is 1. The minimum absolute atomic E-state index is 0.0341. The SMILES string of the molecule is CCOc1cc2c(CC(=O)O)cn(CCN)c2cc1OCC. The van der Waals surface area contributed by atoms with E-state index in [1.807, 2.05) is 36.7 Å². The molecule has 22 heavy (non-hydrogen) atoms. The molecule has 0 aliphatic carbocycles. The summed E-state index contributed by atoms with van der Waals surface area (Å²) in [5, 5.41) is 9.95. The number of carbonyl (C=O) groups is 1. The average Bonchev–Trinajstić information content (AvgIpc) is 2.77. The number of carboxylic acid groups (broad SMARTS) is 1. The summed E-state index contributed by atoms with van der Waals surface area (Å²) in [4.78, 5) is 11.1. The molecule has 120 valence electrons. The molecule has 0 spiro atoms. The van der Waals surface area contributed by atoms with Gasteiger partial charge in [0.1, 0.15) is 0 Å². The summed E-state index contributed by atoms with van der Waals surface area (Å²) in [5.74, 6) is 0.433. The van der Waals surface area contributed by atoms with E-state index in [2.05, 4.69) is 0 Å². The molecule has 0 aliphatic rings. The van der Waals surface area contributed by atoms with Crippen LogP contribution < -0.4 is 15.2 Å². The van der Waals surface area contributed by atoms with Crippen LogP contribution in [0.15, 0.2) is 18.3 Å². The van der Waals surface area contributed by atoms with Gasteiger partial charge in [0.05, 0.1) is 25.2 Å². The average molecular weight is 306 g/mol. The topological polar surface area (TPSA) is 86.7 Å². The van der Waals surface area contributed by atoms with Crippen molar-refractivity contribution in [2.75, 3.05) is 19.8 Å². The maximum Gasteiger partial charge on any atom is 0.307 e. The number of ether oxygens (including phenoxy) is 2. The number of hydrogen-bond acceptors (Lipinski definition) is 4. The summed E-state index contributed by atoms with van der Waals surface area (Å²) >= 11 is 0. The van der Waals surface area contributed by atoms with E-state index in [0.717, 1.165) is 16.5 Å². The van der Waals surface area contributed by atoms with Crippen molar-refractivity contribution in [2.24, 2.45) is 5.73 Å². The van der Waals surface area contributed by atoms with Gasteiger partial charge in [-0.05, 0) is 25.5 Å². The highest BCUT2D eigenvalue weighted by molar-refractivity contribution is 5.90. The van der Waals surface area contributed by atoms with E-state index in [1.54, 1.807) is 0 Å². The Morgan fingerprint density at radius 2 is 1.86 bits per heavy atom. The Hall–Kier alpha value is -2.21. The second-order valence-corrected chi connectivity index (χ2v) is 4.89. The van der Waals surface area contributed by atoms with Crippen LogP contribution in [0.2, 0.25) is 0 Å². The summed E-state index contributed by atoms with van der Waals surface area (Å²) in [7, 11) is 0. The van der Waals surface area contributed by atoms with Crippen LogP contribution in [-0.2, 0) is 17.8 Å². The van der Waals surface area contributed by atoms with Gasteiger partial charge in [0.25, 0.3) is 0 Å². The van der Waals surface area contributed by atoms with Crippen LogP contribution in [0, 0.1) is 0 Å². The lowest BCUT2D eigenvalue weighted by atomic mass is 10.1. The van der Waals surface area contributed by atoms with Gasteiger partial charge in [-0.25, -0.2) is 0 Å². The van der Waals surface area contributed by atoms with Crippen molar-refractivity contribution >= 4 is 16.9 Å². The van der Waals surface area contributed by atoms with Gasteiger partial charge < -0.3 is 24.9 Å². The third kappa shape index (κ3) is 3.33. The number of nitrogens with zero attached hydrogens (tertiary/aromatic N) is 1. The molecule has 1 aromatic heterocycles. The molecule has 0 amide bonds. The molecule has 0 saturated heterocycles. The molecular weight excluding hydrogens is 284 g/mol.